The minimum absolute atomic E-state index is 0.331. The maximum Gasteiger partial charge on any atom is 0.134 e. The van der Waals surface area contributed by atoms with E-state index in [0.717, 1.165) is 16.5 Å². The van der Waals surface area contributed by atoms with Gasteiger partial charge in [0.25, 0.3) is 0 Å². The van der Waals surface area contributed by atoms with Crippen LogP contribution in [0.5, 0.6) is 0 Å². The second kappa shape index (κ2) is 6.20. The van der Waals surface area contributed by atoms with Crippen LogP contribution in [0.1, 0.15) is 46.6 Å². The van der Waals surface area contributed by atoms with Gasteiger partial charge in [-0.25, -0.2) is 13.9 Å². The molecule has 1 aromatic rings. The zero-order valence-electron chi connectivity index (χ0n) is 11.9. The van der Waals surface area contributed by atoms with Crippen LogP contribution in [0.15, 0.2) is 16.7 Å². The van der Waals surface area contributed by atoms with E-state index in [1.54, 1.807) is 6.20 Å². The molecule has 0 bridgehead atoms. The lowest BCUT2D eigenvalue weighted by molar-refractivity contribution is 0.424. The highest BCUT2D eigenvalue weighted by Gasteiger charge is 2.33. The summed E-state index contributed by atoms with van der Waals surface area (Å²) in [6, 6.07) is 1.92. The number of hydrogen-bond donors (Lipinski definition) is 1. The van der Waals surface area contributed by atoms with Crippen molar-refractivity contribution in [2.45, 2.75) is 51.3 Å². The summed E-state index contributed by atoms with van der Waals surface area (Å²) in [5, 5.41) is 0.436. The third-order valence-corrected chi connectivity index (χ3v) is 5.46. The fourth-order valence-corrected chi connectivity index (χ4v) is 3.10. The summed E-state index contributed by atoms with van der Waals surface area (Å²) in [6.45, 7) is 9.84. The van der Waals surface area contributed by atoms with Crippen molar-refractivity contribution in [2.75, 3.05) is 0 Å². The Hall–Kier alpha value is 0.0300. The fourth-order valence-electron chi connectivity index (χ4n) is 1.48. The van der Waals surface area contributed by atoms with E-state index in [1.165, 1.54) is 0 Å². The number of halogens is 2. The molecular formula is C13H20BrClN2OS. The molecule has 0 aliphatic heterocycles. The third-order valence-electron chi connectivity index (χ3n) is 2.98. The van der Waals surface area contributed by atoms with Gasteiger partial charge < -0.3 is 0 Å². The summed E-state index contributed by atoms with van der Waals surface area (Å²) in [6.07, 6.45) is 2.41. The number of hydrogen-bond acceptors (Lipinski definition) is 2. The highest BCUT2D eigenvalue weighted by molar-refractivity contribution is 9.10. The van der Waals surface area contributed by atoms with Crippen molar-refractivity contribution in [1.29, 1.82) is 0 Å². The topological polar surface area (TPSA) is 42.0 Å². The number of aromatic nitrogens is 1. The maximum absolute atomic E-state index is 12.3. The fraction of sp³-hybridized carbons (Fsp3) is 0.615. The van der Waals surface area contributed by atoms with Gasteiger partial charge in [0.15, 0.2) is 0 Å². The SMILES string of the molecule is CC[C@](C)(N[S@](=O)C(C)(C)C)c1cc(Br)cnc1Cl. The van der Waals surface area contributed by atoms with Gasteiger partial charge in [-0.1, -0.05) is 18.5 Å². The molecule has 19 heavy (non-hydrogen) atoms. The van der Waals surface area contributed by atoms with Crippen molar-refractivity contribution in [1.82, 2.24) is 9.71 Å². The molecule has 0 unspecified atom stereocenters. The van der Waals surface area contributed by atoms with Crippen LogP contribution in [0.2, 0.25) is 5.15 Å². The zero-order valence-corrected chi connectivity index (χ0v) is 15.0. The van der Waals surface area contributed by atoms with E-state index >= 15 is 0 Å². The predicted octanol–water partition coefficient (Wildman–Crippen LogP) is 4.17. The van der Waals surface area contributed by atoms with Gasteiger partial charge in [0.05, 0.1) is 21.3 Å². The Morgan fingerprint density at radius 2 is 2.00 bits per heavy atom. The van der Waals surface area contributed by atoms with Crippen molar-refractivity contribution in [2.24, 2.45) is 0 Å². The van der Waals surface area contributed by atoms with E-state index in [2.05, 4.69) is 25.6 Å². The van der Waals surface area contributed by atoms with Gasteiger partial charge >= 0.3 is 0 Å². The van der Waals surface area contributed by atoms with Crippen LogP contribution in [-0.4, -0.2) is 13.9 Å². The number of nitrogens with zero attached hydrogens (tertiary/aromatic N) is 1. The normalized spacial score (nSPS) is 17.0. The molecule has 0 saturated carbocycles. The Kier molecular flexibility index (Phi) is 5.58. The van der Waals surface area contributed by atoms with Gasteiger partial charge in [0.2, 0.25) is 0 Å². The van der Waals surface area contributed by atoms with Gasteiger partial charge in [0.1, 0.15) is 5.15 Å². The Labute approximate surface area is 131 Å². The standard InChI is InChI=1S/C13H20BrClN2OS/c1-6-13(5,17-19(18)12(2,3)4)10-7-9(14)8-16-11(10)15/h7-8,17H,6H2,1-5H3/t13-,19+/m0/s1. The highest BCUT2D eigenvalue weighted by atomic mass is 79.9. The highest BCUT2D eigenvalue weighted by Crippen LogP contribution is 2.32. The number of pyridine rings is 1. The molecule has 0 aliphatic rings. The molecule has 0 amide bonds. The summed E-state index contributed by atoms with van der Waals surface area (Å²) >= 11 is 9.59. The van der Waals surface area contributed by atoms with Crippen molar-refractivity contribution < 1.29 is 4.21 Å². The average Bonchev–Trinajstić information content (AvgIpc) is 2.30. The lowest BCUT2D eigenvalue weighted by Crippen LogP contribution is -2.46. The molecule has 2 atom stereocenters. The first-order valence-electron chi connectivity index (χ1n) is 6.11. The Bertz CT molecular complexity index is 490. The third kappa shape index (κ3) is 4.25. The first kappa shape index (κ1) is 17.1. The summed E-state index contributed by atoms with van der Waals surface area (Å²) in [7, 11) is -1.17. The molecule has 0 spiro atoms. The Morgan fingerprint density at radius 1 is 1.42 bits per heavy atom. The van der Waals surface area contributed by atoms with Gasteiger partial charge in [-0.2, -0.15) is 0 Å². The van der Waals surface area contributed by atoms with E-state index in [9.17, 15) is 4.21 Å². The molecule has 0 saturated heterocycles. The van der Waals surface area contributed by atoms with Crippen LogP contribution < -0.4 is 4.72 Å². The van der Waals surface area contributed by atoms with E-state index in [-0.39, 0.29) is 4.75 Å². The largest absolute Gasteiger partial charge is 0.243 e. The Balaban J connectivity index is 3.17. The summed E-state index contributed by atoms with van der Waals surface area (Å²) < 4.78 is 16.1. The minimum Gasteiger partial charge on any atom is -0.243 e. The molecule has 1 aromatic heterocycles. The summed E-state index contributed by atoms with van der Waals surface area (Å²) in [4.78, 5) is 4.14. The second-order valence-electron chi connectivity index (χ2n) is 5.66. The van der Waals surface area contributed by atoms with Gasteiger partial charge in [-0.3, -0.25) is 0 Å². The van der Waals surface area contributed by atoms with E-state index < -0.39 is 16.5 Å². The first-order valence-corrected chi connectivity index (χ1v) is 8.43. The minimum atomic E-state index is -1.17. The summed E-state index contributed by atoms with van der Waals surface area (Å²) in [5.41, 5.74) is 0.370. The molecule has 1 rings (SSSR count). The van der Waals surface area contributed by atoms with E-state index in [0.29, 0.717) is 5.15 Å². The molecule has 0 aromatic carbocycles. The summed E-state index contributed by atoms with van der Waals surface area (Å²) in [5.74, 6) is 0. The van der Waals surface area contributed by atoms with Crippen molar-refractivity contribution in [3.05, 3.63) is 27.5 Å². The molecule has 0 fully saturated rings. The van der Waals surface area contributed by atoms with Crippen LogP contribution in [0.3, 0.4) is 0 Å². The van der Waals surface area contributed by atoms with Crippen LogP contribution in [0.4, 0.5) is 0 Å². The van der Waals surface area contributed by atoms with Crippen LogP contribution >= 0.6 is 27.5 Å². The Morgan fingerprint density at radius 3 is 2.47 bits per heavy atom. The molecule has 0 radical (unpaired) electrons. The van der Waals surface area contributed by atoms with Crippen LogP contribution in [-0.2, 0) is 16.5 Å². The smallest absolute Gasteiger partial charge is 0.134 e. The average molecular weight is 368 g/mol. The van der Waals surface area contributed by atoms with Crippen molar-refractivity contribution >= 4 is 38.5 Å². The molecule has 0 aliphatic carbocycles. The lowest BCUT2D eigenvalue weighted by atomic mass is 9.92. The number of rotatable bonds is 4. The molecular weight excluding hydrogens is 348 g/mol. The first-order chi connectivity index (χ1) is 8.60. The van der Waals surface area contributed by atoms with Crippen molar-refractivity contribution in [3.8, 4) is 0 Å². The van der Waals surface area contributed by atoms with E-state index in [4.69, 9.17) is 11.6 Å². The molecule has 108 valence electrons. The monoisotopic (exact) mass is 366 g/mol. The van der Waals surface area contributed by atoms with Crippen LogP contribution in [0.25, 0.3) is 0 Å². The number of nitrogens with one attached hydrogen (secondary N) is 1. The van der Waals surface area contributed by atoms with E-state index in [1.807, 2.05) is 40.7 Å². The molecule has 6 heteroatoms. The maximum atomic E-state index is 12.3. The molecule has 3 nitrogen and oxygen atoms in total. The molecule has 1 heterocycles. The second-order valence-corrected chi connectivity index (χ2v) is 8.90. The quantitative estimate of drug-likeness (QED) is 0.811. The van der Waals surface area contributed by atoms with Crippen LogP contribution in [0, 0.1) is 0 Å². The zero-order chi connectivity index (χ0) is 14.8. The van der Waals surface area contributed by atoms with Crippen molar-refractivity contribution in [3.63, 3.8) is 0 Å². The van der Waals surface area contributed by atoms with Gasteiger partial charge in [-0.05, 0) is 56.1 Å². The van der Waals surface area contributed by atoms with Gasteiger partial charge in [-0.15, -0.1) is 0 Å². The lowest BCUT2D eigenvalue weighted by Gasteiger charge is -2.33. The predicted molar refractivity (Wildman–Crippen MR) is 85.6 cm³/mol. The van der Waals surface area contributed by atoms with Gasteiger partial charge in [0, 0.05) is 16.2 Å². The molecule has 1 N–H and O–H groups in total.